The van der Waals surface area contributed by atoms with Gasteiger partial charge in [-0.3, -0.25) is 19.8 Å². The van der Waals surface area contributed by atoms with E-state index >= 15 is 0 Å². The number of aryl methyl sites for hydroxylation is 1. The van der Waals surface area contributed by atoms with E-state index in [1.165, 1.54) is 11.3 Å². The van der Waals surface area contributed by atoms with Crippen LogP contribution in [0, 0.1) is 24.0 Å². The SMILES string of the molecule is Cc1nn(Cc2csc(-c3ccccn3)n2)c(C)c1[N+](=O)[O-]. The Morgan fingerprint density at radius 1 is 1.36 bits per heavy atom. The summed E-state index contributed by atoms with van der Waals surface area (Å²) in [6.07, 6.45) is 1.72. The maximum absolute atomic E-state index is 11.0. The van der Waals surface area contributed by atoms with Gasteiger partial charge < -0.3 is 0 Å². The smallest absolute Gasteiger partial charge is 0.258 e. The fourth-order valence-corrected chi connectivity index (χ4v) is 3.03. The fourth-order valence-electron chi connectivity index (χ4n) is 2.25. The number of rotatable bonds is 4. The minimum Gasteiger partial charge on any atom is -0.258 e. The molecular formula is C14H13N5O2S. The molecule has 7 nitrogen and oxygen atoms in total. The van der Waals surface area contributed by atoms with Crippen molar-refractivity contribution >= 4 is 17.0 Å². The van der Waals surface area contributed by atoms with E-state index in [2.05, 4.69) is 15.1 Å². The van der Waals surface area contributed by atoms with Crippen molar-refractivity contribution in [2.24, 2.45) is 0 Å². The van der Waals surface area contributed by atoms with Crippen LogP contribution in [-0.2, 0) is 6.54 Å². The molecule has 0 atom stereocenters. The van der Waals surface area contributed by atoms with E-state index in [0.29, 0.717) is 17.9 Å². The lowest BCUT2D eigenvalue weighted by Crippen LogP contribution is -2.04. The summed E-state index contributed by atoms with van der Waals surface area (Å²) in [6, 6.07) is 5.66. The molecule has 0 amide bonds. The Kier molecular flexibility index (Phi) is 3.68. The van der Waals surface area contributed by atoms with Gasteiger partial charge in [-0.05, 0) is 26.0 Å². The molecule has 0 aromatic carbocycles. The molecular weight excluding hydrogens is 302 g/mol. The van der Waals surface area contributed by atoms with E-state index in [1.807, 2.05) is 23.6 Å². The quantitative estimate of drug-likeness (QED) is 0.545. The lowest BCUT2D eigenvalue weighted by Gasteiger charge is -2.00. The van der Waals surface area contributed by atoms with Gasteiger partial charge in [0.15, 0.2) is 0 Å². The highest BCUT2D eigenvalue weighted by molar-refractivity contribution is 7.13. The molecule has 0 fully saturated rings. The van der Waals surface area contributed by atoms with Crippen LogP contribution < -0.4 is 0 Å². The van der Waals surface area contributed by atoms with Gasteiger partial charge in [0.05, 0.1) is 22.9 Å². The number of nitrogens with zero attached hydrogens (tertiary/aromatic N) is 5. The number of nitro groups is 1. The van der Waals surface area contributed by atoms with Crippen LogP contribution in [0.25, 0.3) is 10.7 Å². The molecule has 3 aromatic heterocycles. The second-order valence-corrected chi connectivity index (χ2v) is 5.65. The zero-order valence-corrected chi connectivity index (χ0v) is 12.9. The Morgan fingerprint density at radius 3 is 2.82 bits per heavy atom. The molecule has 112 valence electrons. The van der Waals surface area contributed by atoms with Crippen LogP contribution in [0.3, 0.4) is 0 Å². The molecule has 0 saturated heterocycles. The van der Waals surface area contributed by atoms with Gasteiger partial charge in [-0.25, -0.2) is 4.98 Å². The highest BCUT2D eigenvalue weighted by Crippen LogP contribution is 2.25. The Bertz CT molecular complexity index is 825. The van der Waals surface area contributed by atoms with Crippen molar-refractivity contribution in [3.8, 4) is 10.7 Å². The molecule has 0 spiro atoms. The first-order chi connectivity index (χ1) is 10.6. The molecule has 0 radical (unpaired) electrons. The van der Waals surface area contributed by atoms with Crippen LogP contribution in [0.15, 0.2) is 29.8 Å². The summed E-state index contributed by atoms with van der Waals surface area (Å²) in [4.78, 5) is 19.4. The Labute approximate surface area is 130 Å². The monoisotopic (exact) mass is 315 g/mol. The topological polar surface area (TPSA) is 86.7 Å². The predicted octanol–water partition coefficient (Wildman–Crippen LogP) is 2.97. The lowest BCUT2D eigenvalue weighted by atomic mass is 10.3. The van der Waals surface area contributed by atoms with Gasteiger partial charge in [-0.15, -0.1) is 11.3 Å². The van der Waals surface area contributed by atoms with Gasteiger partial charge in [0.25, 0.3) is 0 Å². The molecule has 8 heteroatoms. The van der Waals surface area contributed by atoms with E-state index in [9.17, 15) is 10.1 Å². The van der Waals surface area contributed by atoms with E-state index in [-0.39, 0.29) is 5.69 Å². The second kappa shape index (κ2) is 5.64. The average molecular weight is 315 g/mol. The first kappa shape index (κ1) is 14.3. The zero-order valence-electron chi connectivity index (χ0n) is 12.1. The van der Waals surface area contributed by atoms with E-state index in [4.69, 9.17) is 0 Å². The molecule has 22 heavy (non-hydrogen) atoms. The molecule has 0 N–H and O–H groups in total. The molecule has 0 bridgehead atoms. The first-order valence-electron chi connectivity index (χ1n) is 6.60. The Balaban J connectivity index is 1.88. The van der Waals surface area contributed by atoms with E-state index in [0.717, 1.165) is 16.4 Å². The molecule has 3 aromatic rings. The lowest BCUT2D eigenvalue weighted by molar-refractivity contribution is -0.386. The molecule has 0 aliphatic rings. The molecule has 0 aliphatic heterocycles. The third-order valence-corrected chi connectivity index (χ3v) is 4.19. The average Bonchev–Trinajstić information content (AvgIpc) is 3.06. The third kappa shape index (κ3) is 2.60. The molecule has 0 saturated carbocycles. The summed E-state index contributed by atoms with van der Waals surface area (Å²) >= 11 is 1.50. The maximum Gasteiger partial charge on any atom is 0.312 e. The second-order valence-electron chi connectivity index (χ2n) is 4.79. The molecule has 3 rings (SSSR count). The Morgan fingerprint density at radius 2 is 2.18 bits per heavy atom. The van der Waals surface area contributed by atoms with Crippen molar-refractivity contribution in [2.45, 2.75) is 20.4 Å². The minimum atomic E-state index is -0.394. The minimum absolute atomic E-state index is 0.0696. The Hall–Kier alpha value is -2.61. The van der Waals surface area contributed by atoms with Gasteiger partial charge in [0.1, 0.15) is 16.4 Å². The largest absolute Gasteiger partial charge is 0.312 e. The van der Waals surface area contributed by atoms with Crippen molar-refractivity contribution in [1.29, 1.82) is 0 Å². The summed E-state index contributed by atoms with van der Waals surface area (Å²) in [6.45, 7) is 3.75. The van der Waals surface area contributed by atoms with Crippen molar-refractivity contribution in [2.75, 3.05) is 0 Å². The number of hydrogen-bond donors (Lipinski definition) is 0. The van der Waals surface area contributed by atoms with Crippen LogP contribution in [0.2, 0.25) is 0 Å². The highest BCUT2D eigenvalue weighted by Gasteiger charge is 2.22. The summed E-state index contributed by atoms with van der Waals surface area (Å²) < 4.78 is 1.62. The van der Waals surface area contributed by atoms with Gasteiger partial charge >= 0.3 is 5.69 Å². The predicted molar refractivity (Wildman–Crippen MR) is 82.8 cm³/mol. The van der Waals surface area contributed by atoms with Gasteiger partial charge in [-0.2, -0.15) is 5.10 Å². The number of aromatic nitrogens is 4. The standard InChI is InChI=1S/C14H13N5O2S/c1-9-13(19(20)21)10(2)18(17-9)7-11-8-22-14(16-11)12-5-3-4-6-15-12/h3-6,8H,7H2,1-2H3. The fraction of sp³-hybridized carbons (Fsp3) is 0.214. The van der Waals surface area contributed by atoms with Gasteiger partial charge in [-0.1, -0.05) is 6.07 Å². The van der Waals surface area contributed by atoms with E-state index in [1.54, 1.807) is 24.7 Å². The van der Waals surface area contributed by atoms with Crippen molar-refractivity contribution in [3.63, 3.8) is 0 Å². The maximum atomic E-state index is 11.0. The number of pyridine rings is 1. The third-order valence-electron chi connectivity index (χ3n) is 3.27. The van der Waals surface area contributed by atoms with Crippen LogP contribution in [0.4, 0.5) is 5.69 Å². The summed E-state index contributed by atoms with van der Waals surface area (Å²) in [5.41, 5.74) is 2.65. The van der Waals surface area contributed by atoms with E-state index < -0.39 is 4.92 Å². The summed E-state index contributed by atoms with van der Waals surface area (Å²) in [5, 5.41) is 18.0. The highest BCUT2D eigenvalue weighted by atomic mass is 32.1. The molecule has 0 aliphatic carbocycles. The number of hydrogen-bond acceptors (Lipinski definition) is 6. The van der Waals surface area contributed by atoms with Gasteiger partial charge in [0, 0.05) is 11.6 Å². The van der Waals surface area contributed by atoms with Crippen molar-refractivity contribution < 1.29 is 4.92 Å². The van der Waals surface area contributed by atoms with Crippen LogP contribution in [0.5, 0.6) is 0 Å². The molecule has 0 unspecified atom stereocenters. The van der Waals surface area contributed by atoms with Crippen molar-refractivity contribution in [1.82, 2.24) is 19.7 Å². The summed E-state index contributed by atoms with van der Waals surface area (Å²) in [7, 11) is 0. The van der Waals surface area contributed by atoms with Crippen LogP contribution in [-0.4, -0.2) is 24.7 Å². The summed E-state index contributed by atoms with van der Waals surface area (Å²) in [5.74, 6) is 0. The first-order valence-corrected chi connectivity index (χ1v) is 7.48. The van der Waals surface area contributed by atoms with Gasteiger partial charge in [0.2, 0.25) is 0 Å². The van der Waals surface area contributed by atoms with Crippen molar-refractivity contribution in [3.05, 3.63) is 57.0 Å². The van der Waals surface area contributed by atoms with Crippen LogP contribution in [0.1, 0.15) is 17.1 Å². The molecule has 3 heterocycles. The zero-order chi connectivity index (χ0) is 15.7. The number of thiazole rings is 1. The van der Waals surface area contributed by atoms with Crippen LogP contribution >= 0.6 is 11.3 Å². The normalized spacial score (nSPS) is 10.8.